The van der Waals surface area contributed by atoms with Crippen LogP contribution in [-0.4, -0.2) is 69.6 Å². The fourth-order valence-corrected chi connectivity index (χ4v) is 6.58. The van der Waals surface area contributed by atoms with Gasteiger partial charge in [0, 0.05) is 56.1 Å². The molecule has 37 heavy (non-hydrogen) atoms. The molecule has 0 saturated carbocycles. The van der Waals surface area contributed by atoms with Crippen LogP contribution in [0, 0.1) is 0 Å². The highest BCUT2D eigenvalue weighted by Crippen LogP contribution is 2.34. The Labute approximate surface area is 216 Å². The molecule has 0 bridgehead atoms. The van der Waals surface area contributed by atoms with Gasteiger partial charge in [0.15, 0.2) is 5.65 Å². The lowest BCUT2D eigenvalue weighted by Gasteiger charge is -2.32. The van der Waals surface area contributed by atoms with Gasteiger partial charge in [-0.1, -0.05) is 24.3 Å². The van der Waals surface area contributed by atoms with E-state index in [9.17, 15) is 8.42 Å². The summed E-state index contributed by atoms with van der Waals surface area (Å²) < 4.78 is 35.4. The number of nitrogens with zero attached hydrogens (tertiary/aromatic N) is 6. The first kappa shape index (κ1) is 24.0. The summed E-state index contributed by atoms with van der Waals surface area (Å²) in [5.41, 5.74) is 3.86. The predicted octanol–water partition coefficient (Wildman–Crippen LogP) is 3.73. The highest BCUT2D eigenvalue weighted by atomic mass is 32.2. The summed E-state index contributed by atoms with van der Waals surface area (Å²) in [6.45, 7) is 3.74. The first-order valence-corrected chi connectivity index (χ1v) is 14.1. The Morgan fingerprint density at radius 3 is 2.68 bits per heavy atom. The minimum Gasteiger partial charge on any atom is -0.380 e. The Morgan fingerprint density at radius 2 is 1.92 bits per heavy atom. The second kappa shape index (κ2) is 9.85. The van der Waals surface area contributed by atoms with Crippen molar-refractivity contribution in [2.45, 2.75) is 36.6 Å². The lowest BCUT2D eigenvalue weighted by Crippen LogP contribution is -2.37. The number of aryl methyl sites for hydroxylation is 1. The zero-order chi connectivity index (χ0) is 25.4. The molecule has 4 heterocycles. The average molecular weight is 519 g/mol. The van der Waals surface area contributed by atoms with E-state index >= 15 is 0 Å². The van der Waals surface area contributed by atoms with E-state index in [2.05, 4.69) is 26.2 Å². The standard InChI is InChI=1S/C27H30N6O3S/c1-31-19-22(18-29-31)26-25-16-21(20-8-10-23(11-9-20)32-12-5-14-36-15-13-32)17-28-27(25)33(30-26)37(34,35)24-6-3-2-4-7-24/h2-4,6-8,16-19,23H,5,9-15H2,1H3. The molecule has 4 aromatic rings. The number of benzene rings is 1. The number of fused-ring (bicyclic) bond motifs is 1. The molecule has 1 aromatic carbocycles. The number of hydrogen-bond donors (Lipinski definition) is 0. The Bertz CT molecular complexity index is 1550. The van der Waals surface area contributed by atoms with E-state index < -0.39 is 10.0 Å². The van der Waals surface area contributed by atoms with Crippen LogP contribution in [0.2, 0.25) is 0 Å². The molecule has 6 rings (SSSR count). The van der Waals surface area contributed by atoms with Crippen molar-refractivity contribution in [1.29, 1.82) is 0 Å². The van der Waals surface area contributed by atoms with Crippen LogP contribution < -0.4 is 0 Å². The molecule has 0 N–H and O–H groups in total. The molecule has 1 atom stereocenters. The molecule has 9 nitrogen and oxygen atoms in total. The molecule has 0 amide bonds. The van der Waals surface area contributed by atoms with Crippen molar-refractivity contribution in [3.63, 3.8) is 0 Å². The number of rotatable bonds is 5. The third-order valence-electron chi connectivity index (χ3n) is 7.27. The molecule has 1 unspecified atom stereocenters. The van der Waals surface area contributed by atoms with Crippen LogP contribution in [0.1, 0.15) is 31.2 Å². The molecule has 1 fully saturated rings. The maximum Gasteiger partial charge on any atom is 0.284 e. The van der Waals surface area contributed by atoms with E-state index in [1.165, 1.54) is 5.57 Å². The molecule has 0 spiro atoms. The van der Waals surface area contributed by atoms with E-state index in [4.69, 9.17) is 4.74 Å². The second-order valence-electron chi connectivity index (χ2n) is 9.67. The third kappa shape index (κ3) is 4.60. The van der Waals surface area contributed by atoms with Gasteiger partial charge < -0.3 is 4.74 Å². The van der Waals surface area contributed by atoms with Gasteiger partial charge in [-0.15, -0.1) is 4.09 Å². The maximum absolute atomic E-state index is 13.5. The lowest BCUT2D eigenvalue weighted by molar-refractivity contribution is 0.129. The molecule has 3 aromatic heterocycles. The van der Waals surface area contributed by atoms with E-state index in [0.29, 0.717) is 22.8 Å². The molecule has 1 saturated heterocycles. The predicted molar refractivity (Wildman–Crippen MR) is 141 cm³/mol. The van der Waals surface area contributed by atoms with Crippen molar-refractivity contribution in [2.75, 3.05) is 26.3 Å². The second-order valence-corrected chi connectivity index (χ2v) is 11.4. The Morgan fingerprint density at radius 1 is 1.05 bits per heavy atom. The summed E-state index contributed by atoms with van der Waals surface area (Å²) in [7, 11) is -2.09. The Kier molecular flexibility index (Phi) is 6.39. The van der Waals surface area contributed by atoms with Gasteiger partial charge in [0.05, 0.1) is 17.7 Å². The van der Waals surface area contributed by atoms with Gasteiger partial charge in [-0.2, -0.15) is 18.6 Å². The van der Waals surface area contributed by atoms with Gasteiger partial charge in [0.25, 0.3) is 10.0 Å². The Balaban J connectivity index is 1.39. The molecule has 10 heteroatoms. The largest absolute Gasteiger partial charge is 0.380 e. The molecule has 2 aliphatic rings. The zero-order valence-electron chi connectivity index (χ0n) is 20.8. The van der Waals surface area contributed by atoms with Crippen LogP contribution in [0.15, 0.2) is 66.0 Å². The molecule has 192 valence electrons. The van der Waals surface area contributed by atoms with Gasteiger partial charge in [-0.3, -0.25) is 9.58 Å². The summed E-state index contributed by atoms with van der Waals surface area (Å²) in [6.07, 6.45) is 11.7. The quantitative estimate of drug-likeness (QED) is 0.397. The fourth-order valence-electron chi connectivity index (χ4n) is 5.31. The molecule has 1 aliphatic carbocycles. The van der Waals surface area contributed by atoms with Crippen molar-refractivity contribution >= 4 is 26.6 Å². The molecular formula is C27H30N6O3S. The van der Waals surface area contributed by atoms with Crippen LogP contribution in [0.4, 0.5) is 0 Å². The van der Waals surface area contributed by atoms with E-state index in [-0.39, 0.29) is 4.90 Å². The summed E-state index contributed by atoms with van der Waals surface area (Å²) in [6, 6.07) is 10.9. The zero-order valence-corrected chi connectivity index (χ0v) is 21.6. The first-order chi connectivity index (χ1) is 18.0. The van der Waals surface area contributed by atoms with Gasteiger partial charge in [-0.05, 0) is 55.0 Å². The smallest absolute Gasteiger partial charge is 0.284 e. The van der Waals surface area contributed by atoms with Gasteiger partial charge >= 0.3 is 0 Å². The highest BCUT2D eigenvalue weighted by Gasteiger charge is 2.27. The van der Waals surface area contributed by atoms with Crippen LogP contribution >= 0.6 is 0 Å². The minimum atomic E-state index is -3.92. The van der Waals surface area contributed by atoms with Crippen LogP contribution in [0.5, 0.6) is 0 Å². The minimum absolute atomic E-state index is 0.169. The SMILES string of the molecule is Cn1cc(-c2nn(S(=O)(=O)c3ccccc3)c3ncc(C4=CCC(N5CCCOCC5)CC4)cc23)cn1. The van der Waals surface area contributed by atoms with Gasteiger partial charge in [-0.25, -0.2) is 4.98 Å². The van der Waals surface area contributed by atoms with Crippen molar-refractivity contribution in [1.82, 2.24) is 28.9 Å². The van der Waals surface area contributed by atoms with Gasteiger partial charge in [0.1, 0.15) is 5.69 Å². The van der Waals surface area contributed by atoms with E-state index in [1.54, 1.807) is 47.4 Å². The highest BCUT2D eigenvalue weighted by molar-refractivity contribution is 7.90. The summed E-state index contributed by atoms with van der Waals surface area (Å²) in [5.74, 6) is 0. The fraction of sp³-hybridized carbons (Fsp3) is 0.370. The lowest BCUT2D eigenvalue weighted by atomic mass is 9.90. The van der Waals surface area contributed by atoms with Crippen LogP contribution in [0.25, 0.3) is 27.9 Å². The topological polar surface area (TPSA) is 95.1 Å². The van der Waals surface area contributed by atoms with Gasteiger partial charge in [0.2, 0.25) is 0 Å². The molecule has 1 aliphatic heterocycles. The average Bonchev–Trinajstić information content (AvgIpc) is 3.42. The van der Waals surface area contributed by atoms with E-state index in [1.807, 2.05) is 19.3 Å². The number of pyridine rings is 1. The molecular weight excluding hydrogens is 488 g/mol. The number of ether oxygens (including phenoxy) is 1. The van der Waals surface area contributed by atoms with E-state index in [0.717, 1.165) is 67.2 Å². The first-order valence-electron chi connectivity index (χ1n) is 12.7. The number of aromatic nitrogens is 5. The van der Waals surface area contributed by atoms with Crippen molar-refractivity contribution < 1.29 is 13.2 Å². The van der Waals surface area contributed by atoms with Crippen molar-refractivity contribution in [3.05, 3.63) is 66.6 Å². The number of allylic oxidation sites excluding steroid dienone is 1. The summed E-state index contributed by atoms with van der Waals surface area (Å²) in [4.78, 5) is 7.37. The van der Waals surface area contributed by atoms with Crippen LogP contribution in [-0.2, 0) is 21.8 Å². The summed E-state index contributed by atoms with van der Waals surface area (Å²) in [5, 5.41) is 9.53. The van der Waals surface area contributed by atoms with Crippen LogP contribution in [0.3, 0.4) is 0 Å². The summed E-state index contributed by atoms with van der Waals surface area (Å²) >= 11 is 0. The van der Waals surface area contributed by atoms with Crippen molar-refractivity contribution in [3.8, 4) is 11.3 Å². The normalized spacial score (nSPS) is 19.6. The third-order valence-corrected chi connectivity index (χ3v) is 8.85. The maximum atomic E-state index is 13.5. The van der Waals surface area contributed by atoms with Crippen molar-refractivity contribution in [2.24, 2.45) is 7.05 Å². The number of hydrogen-bond acceptors (Lipinski definition) is 7. The molecule has 0 radical (unpaired) electrons. The monoisotopic (exact) mass is 518 g/mol. The Hall–Kier alpha value is -3.34.